The number of thiophene rings is 1. The molecular formula is C17H14N4O3S. The van der Waals surface area contributed by atoms with Gasteiger partial charge in [0.05, 0.1) is 10.6 Å². The third-order valence-corrected chi connectivity index (χ3v) is 4.11. The lowest BCUT2D eigenvalue weighted by molar-refractivity contribution is -0.114. The number of hydrogen-bond acceptors (Lipinski definition) is 5. The highest BCUT2D eigenvalue weighted by Gasteiger charge is 2.12. The lowest BCUT2D eigenvalue weighted by Crippen LogP contribution is -2.21. The van der Waals surface area contributed by atoms with Crippen LogP contribution in [0.3, 0.4) is 0 Å². The SMILES string of the molecule is CC(=O)Nc1cccc(NC(=O)c2cc(-c3cccs3)[nH]c(=O)n2)c1. The van der Waals surface area contributed by atoms with E-state index in [0.717, 1.165) is 4.88 Å². The highest BCUT2D eigenvalue weighted by atomic mass is 32.1. The minimum atomic E-state index is -0.594. The average Bonchev–Trinajstić information content (AvgIpc) is 3.08. The van der Waals surface area contributed by atoms with E-state index in [4.69, 9.17) is 0 Å². The molecule has 8 heteroatoms. The van der Waals surface area contributed by atoms with Gasteiger partial charge >= 0.3 is 5.69 Å². The van der Waals surface area contributed by atoms with Gasteiger partial charge in [-0.25, -0.2) is 4.79 Å². The maximum Gasteiger partial charge on any atom is 0.346 e. The van der Waals surface area contributed by atoms with Crippen LogP contribution in [0.5, 0.6) is 0 Å². The molecule has 0 aliphatic carbocycles. The number of benzene rings is 1. The zero-order chi connectivity index (χ0) is 17.8. The molecule has 0 fully saturated rings. The number of carbonyl (C=O) groups is 2. The number of rotatable bonds is 4. The van der Waals surface area contributed by atoms with Crippen LogP contribution >= 0.6 is 11.3 Å². The van der Waals surface area contributed by atoms with Crippen LogP contribution in [0.25, 0.3) is 10.6 Å². The summed E-state index contributed by atoms with van der Waals surface area (Å²) in [7, 11) is 0. The third kappa shape index (κ3) is 4.18. The van der Waals surface area contributed by atoms with E-state index in [9.17, 15) is 14.4 Å². The van der Waals surface area contributed by atoms with Gasteiger partial charge in [0, 0.05) is 18.3 Å². The summed E-state index contributed by atoms with van der Waals surface area (Å²) in [5, 5.41) is 7.18. The Hall–Kier alpha value is -3.26. The van der Waals surface area contributed by atoms with Gasteiger partial charge < -0.3 is 15.6 Å². The van der Waals surface area contributed by atoms with Crippen molar-refractivity contribution in [2.75, 3.05) is 10.6 Å². The van der Waals surface area contributed by atoms with E-state index >= 15 is 0 Å². The first-order valence-electron chi connectivity index (χ1n) is 7.35. The molecule has 3 aromatic rings. The van der Waals surface area contributed by atoms with Crippen molar-refractivity contribution < 1.29 is 9.59 Å². The second-order valence-electron chi connectivity index (χ2n) is 5.18. The summed E-state index contributed by atoms with van der Waals surface area (Å²) in [5.74, 6) is -0.718. The summed E-state index contributed by atoms with van der Waals surface area (Å²) >= 11 is 1.45. The van der Waals surface area contributed by atoms with Gasteiger partial charge in [-0.15, -0.1) is 11.3 Å². The first-order valence-corrected chi connectivity index (χ1v) is 8.23. The van der Waals surface area contributed by atoms with Crippen molar-refractivity contribution in [1.29, 1.82) is 0 Å². The molecule has 0 saturated heterocycles. The topological polar surface area (TPSA) is 104 Å². The molecule has 2 amide bonds. The summed E-state index contributed by atoms with van der Waals surface area (Å²) in [5.41, 5.74) is 0.992. The van der Waals surface area contributed by atoms with Crippen molar-refractivity contribution >= 4 is 34.5 Å². The predicted molar refractivity (Wildman–Crippen MR) is 96.9 cm³/mol. The molecule has 3 N–H and O–H groups in total. The van der Waals surface area contributed by atoms with Crippen molar-refractivity contribution in [2.45, 2.75) is 6.92 Å². The molecule has 1 aromatic carbocycles. The predicted octanol–water partition coefficient (Wildman–Crippen LogP) is 2.71. The summed E-state index contributed by atoms with van der Waals surface area (Å²) in [6, 6.07) is 11.9. The smallest absolute Gasteiger partial charge is 0.326 e. The van der Waals surface area contributed by atoms with Crippen LogP contribution in [-0.2, 0) is 4.79 Å². The van der Waals surface area contributed by atoms with Gasteiger partial charge in [-0.3, -0.25) is 9.59 Å². The van der Waals surface area contributed by atoms with Crippen LogP contribution in [0.2, 0.25) is 0 Å². The number of aromatic nitrogens is 2. The monoisotopic (exact) mass is 354 g/mol. The Bertz CT molecular complexity index is 980. The standard InChI is InChI=1S/C17H14N4O3S/c1-10(22)18-11-4-2-5-12(8-11)19-16(23)14-9-13(20-17(24)21-14)15-6-3-7-25-15/h2-9H,1H3,(H,18,22)(H,19,23)(H,20,21,24). The van der Waals surface area contributed by atoms with Crippen LogP contribution in [0.4, 0.5) is 11.4 Å². The van der Waals surface area contributed by atoms with Gasteiger partial charge in [-0.05, 0) is 35.7 Å². The number of amides is 2. The lowest BCUT2D eigenvalue weighted by Gasteiger charge is -2.08. The summed E-state index contributed by atoms with van der Waals surface area (Å²) < 4.78 is 0. The molecule has 2 heterocycles. The maximum atomic E-state index is 12.4. The van der Waals surface area contributed by atoms with Crippen LogP contribution in [-0.4, -0.2) is 21.8 Å². The van der Waals surface area contributed by atoms with Gasteiger partial charge in [-0.2, -0.15) is 4.98 Å². The van der Waals surface area contributed by atoms with Crippen LogP contribution < -0.4 is 16.3 Å². The van der Waals surface area contributed by atoms with Crippen molar-refractivity contribution in [1.82, 2.24) is 9.97 Å². The summed E-state index contributed by atoms with van der Waals surface area (Å²) in [6.45, 7) is 1.40. The molecule has 0 radical (unpaired) electrons. The van der Waals surface area contributed by atoms with E-state index in [-0.39, 0.29) is 11.6 Å². The quantitative estimate of drug-likeness (QED) is 0.670. The molecule has 2 aromatic heterocycles. The Labute approximate surface area is 146 Å². The molecular weight excluding hydrogens is 340 g/mol. The van der Waals surface area contributed by atoms with Gasteiger partial charge in [0.25, 0.3) is 5.91 Å². The number of nitrogens with zero attached hydrogens (tertiary/aromatic N) is 1. The first-order chi connectivity index (χ1) is 12.0. The Balaban J connectivity index is 1.84. The minimum Gasteiger partial charge on any atom is -0.326 e. The summed E-state index contributed by atoms with van der Waals surface area (Å²) in [6.07, 6.45) is 0. The molecule has 0 bridgehead atoms. The van der Waals surface area contributed by atoms with Gasteiger partial charge in [0.2, 0.25) is 5.91 Å². The Morgan fingerprint density at radius 2 is 1.84 bits per heavy atom. The molecule has 7 nitrogen and oxygen atoms in total. The molecule has 0 saturated carbocycles. The highest BCUT2D eigenvalue weighted by Crippen LogP contribution is 2.22. The maximum absolute atomic E-state index is 12.4. The molecule has 0 unspecified atom stereocenters. The first kappa shape index (κ1) is 16.6. The zero-order valence-electron chi connectivity index (χ0n) is 13.2. The number of H-pyrrole nitrogens is 1. The van der Waals surface area contributed by atoms with E-state index in [0.29, 0.717) is 17.1 Å². The molecule has 126 valence electrons. The van der Waals surface area contributed by atoms with Crippen LogP contribution in [0.1, 0.15) is 17.4 Å². The fraction of sp³-hybridized carbons (Fsp3) is 0.0588. The summed E-state index contributed by atoms with van der Waals surface area (Å²) in [4.78, 5) is 42.4. The van der Waals surface area contributed by atoms with E-state index in [1.165, 1.54) is 24.3 Å². The van der Waals surface area contributed by atoms with E-state index in [2.05, 4.69) is 20.6 Å². The van der Waals surface area contributed by atoms with Crippen molar-refractivity contribution in [3.05, 3.63) is 64.0 Å². The van der Waals surface area contributed by atoms with Crippen molar-refractivity contribution in [3.63, 3.8) is 0 Å². The van der Waals surface area contributed by atoms with Gasteiger partial charge in [-0.1, -0.05) is 12.1 Å². The van der Waals surface area contributed by atoms with E-state index in [1.807, 2.05) is 17.5 Å². The Kier molecular flexibility index (Phi) is 4.71. The zero-order valence-corrected chi connectivity index (χ0v) is 14.0. The molecule has 25 heavy (non-hydrogen) atoms. The minimum absolute atomic E-state index is 0.0112. The normalized spacial score (nSPS) is 10.3. The lowest BCUT2D eigenvalue weighted by atomic mass is 10.2. The fourth-order valence-corrected chi connectivity index (χ4v) is 2.91. The van der Waals surface area contributed by atoms with Crippen molar-refractivity contribution in [2.24, 2.45) is 0 Å². The Morgan fingerprint density at radius 1 is 1.08 bits per heavy atom. The molecule has 0 aliphatic rings. The molecule has 3 rings (SSSR count). The average molecular weight is 354 g/mol. The number of aromatic amines is 1. The van der Waals surface area contributed by atoms with Crippen LogP contribution in [0, 0.1) is 0 Å². The molecule has 0 atom stereocenters. The van der Waals surface area contributed by atoms with E-state index in [1.54, 1.807) is 24.3 Å². The number of carbonyl (C=O) groups excluding carboxylic acids is 2. The molecule has 0 aliphatic heterocycles. The Morgan fingerprint density at radius 3 is 2.52 bits per heavy atom. The number of anilines is 2. The largest absolute Gasteiger partial charge is 0.346 e. The van der Waals surface area contributed by atoms with Crippen LogP contribution in [0.15, 0.2) is 52.6 Å². The number of hydrogen-bond donors (Lipinski definition) is 3. The van der Waals surface area contributed by atoms with Gasteiger partial charge in [0.1, 0.15) is 5.69 Å². The second kappa shape index (κ2) is 7.10. The second-order valence-corrected chi connectivity index (χ2v) is 6.13. The number of nitrogens with one attached hydrogen (secondary N) is 3. The fourth-order valence-electron chi connectivity index (χ4n) is 2.21. The highest BCUT2D eigenvalue weighted by molar-refractivity contribution is 7.13. The molecule has 0 spiro atoms. The van der Waals surface area contributed by atoms with E-state index < -0.39 is 11.6 Å². The third-order valence-electron chi connectivity index (χ3n) is 3.20. The van der Waals surface area contributed by atoms with Gasteiger partial charge in [0.15, 0.2) is 0 Å². The van der Waals surface area contributed by atoms with Crippen molar-refractivity contribution in [3.8, 4) is 10.6 Å².